The van der Waals surface area contributed by atoms with Crippen LogP contribution in [0.4, 0.5) is 0 Å². The second kappa shape index (κ2) is 9.42. The summed E-state index contributed by atoms with van der Waals surface area (Å²) in [6, 6.07) is 0. The van der Waals surface area contributed by atoms with E-state index in [1.165, 1.54) is 11.1 Å². The normalized spacial score (nSPS) is 41.3. The fourth-order valence-corrected chi connectivity index (χ4v) is 10.3. The first-order valence-corrected chi connectivity index (χ1v) is 14.7. The Labute approximate surface area is 225 Å². The minimum atomic E-state index is -0.569. The molecule has 0 heterocycles. The molecule has 212 valence electrons. The van der Waals surface area contributed by atoms with Crippen molar-refractivity contribution >= 4 is 5.78 Å². The molecule has 3 saturated carbocycles. The summed E-state index contributed by atoms with van der Waals surface area (Å²) >= 11 is 0. The minimum Gasteiger partial charge on any atom is -0.392 e. The summed E-state index contributed by atoms with van der Waals surface area (Å²) < 4.78 is 11.0. The van der Waals surface area contributed by atoms with E-state index in [1.807, 2.05) is 13.8 Å². The Bertz CT molecular complexity index is 931. The number of allylic oxidation sites excluding steroid dienone is 1. The first kappa shape index (κ1) is 29.2. The van der Waals surface area contributed by atoms with Crippen LogP contribution in [-0.4, -0.2) is 48.7 Å². The summed E-state index contributed by atoms with van der Waals surface area (Å²) in [4.78, 5) is 12.9. The maximum Gasteiger partial charge on any atom is 0.164 e. The van der Waals surface area contributed by atoms with Crippen LogP contribution in [-0.2, 0) is 14.3 Å². The molecule has 0 amide bonds. The highest BCUT2D eigenvalue weighted by molar-refractivity contribution is 5.85. The lowest BCUT2D eigenvalue weighted by molar-refractivity contribution is -0.208. The van der Waals surface area contributed by atoms with Crippen LogP contribution in [0.1, 0.15) is 107 Å². The number of methoxy groups -OCH3 is 2. The van der Waals surface area contributed by atoms with Crippen LogP contribution in [0.3, 0.4) is 0 Å². The molecule has 5 nitrogen and oxygen atoms in total. The topological polar surface area (TPSA) is 76.0 Å². The van der Waals surface area contributed by atoms with Crippen molar-refractivity contribution in [2.24, 2.45) is 44.8 Å². The van der Waals surface area contributed by atoms with Gasteiger partial charge >= 0.3 is 0 Å². The van der Waals surface area contributed by atoms with Crippen LogP contribution in [0.25, 0.3) is 0 Å². The van der Waals surface area contributed by atoms with Crippen molar-refractivity contribution in [3.05, 3.63) is 11.1 Å². The molecule has 0 saturated heterocycles. The van der Waals surface area contributed by atoms with Crippen LogP contribution in [0.15, 0.2) is 11.1 Å². The van der Waals surface area contributed by atoms with Crippen LogP contribution >= 0.6 is 0 Å². The van der Waals surface area contributed by atoms with E-state index >= 15 is 0 Å². The average Bonchev–Trinajstić information content (AvgIpc) is 3.15. The maximum atomic E-state index is 12.9. The van der Waals surface area contributed by atoms with Crippen LogP contribution in [0.5, 0.6) is 0 Å². The Morgan fingerprint density at radius 3 is 2.24 bits per heavy atom. The summed E-state index contributed by atoms with van der Waals surface area (Å²) in [5.41, 5.74) is 2.08. The number of Topliss-reactive ketones (excluding diaryl/α,β-unsaturated/α-hetero) is 1. The second-order valence-corrected chi connectivity index (χ2v) is 15.0. The third kappa shape index (κ3) is 4.04. The molecule has 0 bridgehead atoms. The number of aliphatic hydroxyl groups excluding tert-OH is 2. The molecular formula is C32H54O5. The van der Waals surface area contributed by atoms with Crippen molar-refractivity contribution in [1.82, 2.24) is 0 Å². The van der Waals surface area contributed by atoms with Crippen LogP contribution in [0, 0.1) is 44.8 Å². The number of rotatable bonds is 7. The predicted octanol–water partition coefficient (Wildman–Crippen LogP) is 6.31. The van der Waals surface area contributed by atoms with Gasteiger partial charge in [-0.15, -0.1) is 0 Å². The number of hydrogen-bond donors (Lipinski definition) is 2. The average molecular weight is 519 g/mol. The lowest BCUT2D eigenvalue weighted by Crippen LogP contribution is -2.65. The van der Waals surface area contributed by atoms with Gasteiger partial charge in [-0.2, -0.15) is 0 Å². The van der Waals surface area contributed by atoms with Gasteiger partial charge in [0.05, 0.1) is 12.2 Å². The van der Waals surface area contributed by atoms with Crippen molar-refractivity contribution in [2.45, 2.75) is 125 Å². The summed E-state index contributed by atoms with van der Waals surface area (Å²) in [5.74, 6) is 1.15. The van der Waals surface area contributed by atoms with E-state index in [-0.39, 0.29) is 33.5 Å². The van der Waals surface area contributed by atoms with Gasteiger partial charge in [0.25, 0.3) is 0 Å². The molecule has 4 aliphatic rings. The van der Waals surface area contributed by atoms with Crippen molar-refractivity contribution < 1.29 is 24.5 Å². The van der Waals surface area contributed by atoms with Crippen molar-refractivity contribution in [3.63, 3.8) is 0 Å². The predicted molar refractivity (Wildman–Crippen MR) is 147 cm³/mol. The summed E-state index contributed by atoms with van der Waals surface area (Å²) in [6.07, 6.45) is 5.76. The Morgan fingerprint density at radius 1 is 1.03 bits per heavy atom. The molecule has 5 heteroatoms. The maximum absolute atomic E-state index is 12.9. The molecule has 0 aliphatic heterocycles. The fraction of sp³-hybridized carbons (Fsp3) is 0.906. The van der Waals surface area contributed by atoms with E-state index in [1.54, 1.807) is 14.2 Å². The first-order valence-electron chi connectivity index (χ1n) is 14.7. The number of aliphatic hydroxyl groups is 2. The molecule has 0 aromatic heterocycles. The second-order valence-electron chi connectivity index (χ2n) is 15.0. The van der Waals surface area contributed by atoms with Gasteiger partial charge in [0.1, 0.15) is 5.78 Å². The third-order valence-corrected chi connectivity index (χ3v) is 12.7. The molecule has 8 atom stereocenters. The molecule has 3 fully saturated rings. The molecule has 4 aliphatic carbocycles. The van der Waals surface area contributed by atoms with Crippen LogP contribution < -0.4 is 0 Å². The lowest BCUT2D eigenvalue weighted by Gasteiger charge is -2.69. The van der Waals surface area contributed by atoms with Gasteiger partial charge in [-0.1, -0.05) is 66.5 Å². The van der Waals surface area contributed by atoms with E-state index in [2.05, 4.69) is 41.5 Å². The Kier molecular flexibility index (Phi) is 7.44. The van der Waals surface area contributed by atoms with Crippen LogP contribution in [0.2, 0.25) is 0 Å². The summed E-state index contributed by atoms with van der Waals surface area (Å²) in [6.45, 7) is 17.9. The number of ether oxygens (including phenoxy) is 2. The fourth-order valence-electron chi connectivity index (χ4n) is 10.3. The van der Waals surface area contributed by atoms with Crippen molar-refractivity contribution in [2.75, 3.05) is 14.2 Å². The van der Waals surface area contributed by atoms with E-state index < -0.39 is 23.9 Å². The van der Waals surface area contributed by atoms with Gasteiger partial charge in [-0.25, -0.2) is 0 Å². The third-order valence-electron chi connectivity index (χ3n) is 12.7. The Morgan fingerprint density at radius 2 is 1.65 bits per heavy atom. The van der Waals surface area contributed by atoms with Crippen molar-refractivity contribution in [3.8, 4) is 0 Å². The Balaban J connectivity index is 1.66. The Hall–Kier alpha value is -0.750. The molecule has 2 N–H and O–H groups in total. The smallest absolute Gasteiger partial charge is 0.164 e. The number of fused-ring (bicyclic) bond motifs is 5. The summed E-state index contributed by atoms with van der Waals surface area (Å²) in [7, 11) is 3.25. The molecule has 0 aromatic rings. The highest BCUT2D eigenvalue weighted by Crippen LogP contribution is 2.74. The zero-order valence-electron chi connectivity index (χ0n) is 25.2. The largest absolute Gasteiger partial charge is 0.392 e. The van der Waals surface area contributed by atoms with E-state index in [0.29, 0.717) is 24.5 Å². The van der Waals surface area contributed by atoms with E-state index in [4.69, 9.17) is 9.47 Å². The first-order chi connectivity index (χ1) is 17.0. The lowest BCUT2D eigenvalue weighted by atomic mass is 9.36. The number of carbonyl (C=O) groups excluding carboxylic acids is 1. The monoisotopic (exact) mass is 518 g/mol. The van der Waals surface area contributed by atoms with E-state index in [9.17, 15) is 15.0 Å². The summed E-state index contributed by atoms with van der Waals surface area (Å²) in [5, 5.41) is 23.2. The molecule has 0 spiro atoms. The highest BCUT2D eigenvalue weighted by Gasteiger charge is 2.69. The molecule has 0 radical (unpaired) electrons. The number of ketones is 1. The molecule has 4 rings (SSSR count). The SMILES string of the molecule is COC(OC)C(C)(C)[C@@H](O)C[C@@H](C)C1=C2C[C@H](O)[C@H]3[C@@]4(C)CCC(=O)C(C)(C)[C@@H]4CC[C@]3(C)[C@@]2(C)CC1. The molecular weight excluding hydrogens is 464 g/mol. The number of hydrogen-bond acceptors (Lipinski definition) is 5. The zero-order chi connectivity index (χ0) is 27.8. The van der Waals surface area contributed by atoms with Crippen molar-refractivity contribution in [1.29, 1.82) is 0 Å². The molecule has 37 heavy (non-hydrogen) atoms. The van der Waals surface area contributed by atoms with Gasteiger partial charge in [0.2, 0.25) is 0 Å². The van der Waals surface area contributed by atoms with Gasteiger partial charge in [0.15, 0.2) is 6.29 Å². The van der Waals surface area contributed by atoms with Gasteiger partial charge < -0.3 is 19.7 Å². The van der Waals surface area contributed by atoms with Gasteiger partial charge in [-0.3, -0.25) is 4.79 Å². The highest BCUT2D eigenvalue weighted by atomic mass is 16.7. The molecule has 0 unspecified atom stereocenters. The number of carbonyl (C=O) groups is 1. The quantitative estimate of drug-likeness (QED) is 0.305. The molecule has 0 aromatic carbocycles. The van der Waals surface area contributed by atoms with Gasteiger partial charge in [0, 0.05) is 31.5 Å². The minimum absolute atomic E-state index is 0.00172. The zero-order valence-corrected chi connectivity index (χ0v) is 25.2. The standard InChI is InChI=1S/C32H54O5/c1-19(17-25(35)29(4,5)27(36-9)37-10)20-11-15-31(7)21(20)18-22(33)26-30(6)14-13-24(34)28(2,3)23(30)12-16-32(26,31)8/h19,22-23,25-27,33,35H,11-18H2,1-10H3/t19-,22+,23+,25+,26+,30+,31+,32+/m1/s1. The van der Waals surface area contributed by atoms with E-state index in [0.717, 1.165) is 38.5 Å². The van der Waals surface area contributed by atoms with Gasteiger partial charge in [-0.05, 0) is 78.9 Å².